The minimum atomic E-state index is -1.43. The number of hydrogen-bond donors (Lipinski definition) is 2. The van der Waals surface area contributed by atoms with E-state index in [-0.39, 0.29) is 24.0 Å². The van der Waals surface area contributed by atoms with Crippen LogP contribution in [-0.2, 0) is 24.6 Å². The number of aryl methyl sites for hydroxylation is 1. The van der Waals surface area contributed by atoms with Gasteiger partial charge in [0.15, 0.2) is 0 Å². The molecule has 4 aliphatic rings. The molecule has 2 aliphatic heterocycles. The number of nitrogens with zero attached hydrogens (tertiary/aromatic N) is 2. The minimum absolute atomic E-state index is 0.0439. The highest BCUT2D eigenvalue weighted by Gasteiger charge is 2.70. The van der Waals surface area contributed by atoms with Crippen LogP contribution in [0.2, 0.25) is 0 Å². The number of phenols is 1. The van der Waals surface area contributed by atoms with Gasteiger partial charge in [-0.3, -0.25) is 29.5 Å². The molecule has 0 bridgehead atoms. The molecule has 4 aromatic carbocycles. The molecule has 2 N–H and O–H groups in total. The first-order valence-electron chi connectivity index (χ1n) is 16.8. The number of fused-ring (bicyclic) bond motifs is 5. The Balaban J connectivity index is 1.37. The number of carbonyl (C=O) groups is 4. The normalized spacial score (nSPS) is 28.0. The molecule has 2 saturated heterocycles. The lowest BCUT2D eigenvalue weighted by Gasteiger charge is -2.50. The number of imide groups is 2. The van der Waals surface area contributed by atoms with Crippen LogP contribution in [0, 0.1) is 30.6 Å². The number of anilines is 1. The third-order valence-corrected chi connectivity index (χ3v) is 11.2. The lowest BCUT2D eigenvalue weighted by Crippen LogP contribution is -2.53. The highest BCUT2D eigenvalue weighted by molar-refractivity contribution is 6.13. The average molecular weight is 640 g/mol. The summed E-state index contributed by atoms with van der Waals surface area (Å²) in [6.07, 6.45) is 3.26. The van der Waals surface area contributed by atoms with E-state index >= 15 is 4.79 Å². The molecule has 8 heteroatoms. The molecule has 8 rings (SSSR count). The topological polar surface area (TPSA) is 107 Å². The molecular formula is C40H37N3O5. The van der Waals surface area contributed by atoms with Crippen molar-refractivity contribution >= 4 is 40.1 Å². The van der Waals surface area contributed by atoms with Crippen molar-refractivity contribution in [3.63, 3.8) is 0 Å². The summed E-state index contributed by atoms with van der Waals surface area (Å²) in [7, 11) is 0. The summed E-state index contributed by atoms with van der Waals surface area (Å²) in [4.78, 5) is 59.0. The zero-order chi connectivity index (χ0) is 33.3. The van der Waals surface area contributed by atoms with Crippen LogP contribution in [0.3, 0.4) is 0 Å². The van der Waals surface area contributed by atoms with E-state index in [1.54, 1.807) is 0 Å². The highest BCUT2D eigenvalue weighted by Crippen LogP contribution is 2.65. The van der Waals surface area contributed by atoms with E-state index in [1.165, 1.54) is 4.90 Å². The molecule has 6 atom stereocenters. The van der Waals surface area contributed by atoms with Crippen LogP contribution in [0.4, 0.5) is 5.69 Å². The first-order chi connectivity index (χ1) is 23.3. The van der Waals surface area contributed by atoms with Crippen LogP contribution in [0.25, 0.3) is 10.8 Å². The number of phenolic OH excluding ortho intramolecular Hbond substituents is 1. The van der Waals surface area contributed by atoms with E-state index in [4.69, 9.17) is 0 Å². The molecule has 2 heterocycles. The van der Waals surface area contributed by atoms with Gasteiger partial charge >= 0.3 is 0 Å². The standard InChI is InChI=1S/C40H37N3O5/c1-3-21-42-36(45)29-20-19-28-31(33(29)38(42)47)22-32-37(46)43(41-26-16-13-23(2)14-17-26)39(48)40(32,25-10-5-4-6-11-25)34(28)30-18-15-24-9-7-8-12-27(24)35(30)44/h4-19,29,31-34,41,44H,3,20-22H2,1-2H3. The maximum atomic E-state index is 15.3. The third kappa shape index (κ3) is 4.14. The van der Waals surface area contributed by atoms with Gasteiger partial charge in [-0.1, -0.05) is 103 Å². The fourth-order valence-electron chi connectivity index (χ4n) is 9.11. The largest absolute Gasteiger partial charge is 0.507 e. The monoisotopic (exact) mass is 639 g/mol. The van der Waals surface area contributed by atoms with Crippen molar-refractivity contribution in [3.8, 4) is 5.75 Å². The molecule has 1 saturated carbocycles. The van der Waals surface area contributed by atoms with E-state index in [0.29, 0.717) is 41.6 Å². The van der Waals surface area contributed by atoms with E-state index in [9.17, 15) is 19.5 Å². The Labute approximate surface area is 279 Å². The Hall–Kier alpha value is -5.24. The number of allylic oxidation sites excluding steroid dienone is 2. The van der Waals surface area contributed by atoms with Gasteiger partial charge in [0.2, 0.25) is 11.8 Å². The maximum Gasteiger partial charge on any atom is 0.260 e. The molecule has 3 fully saturated rings. The summed E-state index contributed by atoms with van der Waals surface area (Å²) < 4.78 is 0. The summed E-state index contributed by atoms with van der Waals surface area (Å²) in [5.74, 6) is -4.39. The summed E-state index contributed by atoms with van der Waals surface area (Å²) >= 11 is 0. The minimum Gasteiger partial charge on any atom is -0.507 e. The molecule has 4 amide bonds. The number of hydrazine groups is 1. The number of nitrogens with one attached hydrogen (secondary N) is 1. The van der Waals surface area contributed by atoms with Gasteiger partial charge in [-0.25, -0.2) is 0 Å². The van der Waals surface area contributed by atoms with Gasteiger partial charge in [0, 0.05) is 23.4 Å². The van der Waals surface area contributed by atoms with Crippen molar-refractivity contribution in [1.29, 1.82) is 0 Å². The molecule has 2 aliphatic carbocycles. The lowest BCUT2D eigenvalue weighted by molar-refractivity contribution is -0.141. The Morgan fingerprint density at radius 1 is 0.833 bits per heavy atom. The summed E-state index contributed by atoms with van der Waals surface area (Å²) in [5.41, 5.74) is 5.36. The zero-order valence-electron chi connectivity index (χ0n) is 26.9. The Morgan fingerprint density at radius 2 is 1.56 bits per heavy atom. The Bertz CT molecular complexity index is 2020. The Kier molecular flexibility index (Phi) is 7.02. The average Bonchev–Trinajstić information content (AvgIpc) is 3.47. The van der Waals surface area contributed by atoms with Crippen molar-refractivity contribution in [2.75, 3.05) is 12.0 Å². The quantitative estimate of drug-likeness (QED) is 0.191. The van der Waals surface area contributed by atoms with Crippen LogP contribution in [0.15, 0.2) is 103 Å². The maximum absolute atomic E-state index is 15.3. The first-order valence-corrected chi connectivity index (χ1v) is 16.8. The molecule has 4 aromatic rings. The number of likely N-dealkylation sites (tertiary alicyclic amines) is 1. The first kappa shape index (κ1) is 30.1. The van der Waals surface area contributed by atoms with Crippen LogP contribution >= 0.6 is 0 Å². The highest BCUT2D eigenvalue weighted by atomic mass is 16.3. The molecular weight excluding hydrogens is 602 g/mol. The molecule has 0 aromatic heterocycles. The smallest absolute Gasteiger partial charge is 0.260 e. The van der Waals surface area contributed by atoms with Crippen molar-refractivity contribution in [2.24, 2.45) is 23.7 Å². The van der Waals surface area contributed by atoms with Crippen LogP contribution in [0.5, 0.6) is 5.75 Å². The number of rotatable bonds is 6. The third-order valence-electron chi connectivity index (χ3n) is 11.2. The number of hydrogen-bond acceptors (Lipinski definition) is 6. The van der Waals surface area contributed by atoms with Gasteiger partial charge in [0.25, 0.3) is 11.8 Å². The Morgan fingerprint density at radius 3 is 2.31 bits per heavy atom. The number of amides is 4. The van der Waals surface area contributed by atoms with Gasteiger partial charge in [-0.15, -0.1) is 0 Å². The SMILES string of the molecule is CCCN1C(=O)C2CC=C3C(CC4C(=O)N(Nc5ccc(C)cc5)C(=O)C4(c4ccccc4)C3c3ccc4ccccc4c3O)C2C1=O. The van der Waals surface area contributed by atoms with Crippen LogP contribution < -0.4 is 5.43 Å². The van der Waals surface area contributed by atoms with Gasteiger partial charge < -0.3 is 5.11 Å². The van der Waals surface area contributed by atoms with Gasteiger partial charge in [0.05, 0.1) is 28.9 Å². The number of carbonyl (C=O) groups excluding carboxylic acids is 4. The van der Waals surface area contributed by atoms with E-state index in [1.807, 2.05) is 111 Å². The molecule has 6 unspecified atom stereocenters. The molecule has 48 heavy (non-hydrogen) atoms. The summed E-state index contributed by atoms with van der Waals surface area (Å²) in [6.45, 7) is 4.26. The van der Waals surface area contributed by atoms with Crippen molar-refractivity contribution in [2.45, 2.75) is 44.4 Å². The molecule has 8 nitrogen and oxygen atoms in total. The predicted octanol–water partition coefficient (Wildman–Crippen LogP) is 6.25. The fourth-order valence-corrected chi connectivity index (χ4v) is 9.11. The number of aromatic hydroxyl groups is 1. The molecule has 0 spiro atoms. The van der Waals surface area contributed by atoms with Crippen LogP contribution in [-0.4, -0.2) is 45.2 Å². The second-order valence-corrected chi connectivity index (χ2v) is 13.6. The second-order valence-electron chi connectivity index (χ2n) is 13.6. The zero-order valence-corrected chi connectivity index (χ0v) is 26.9. The van der Waals surface area contributed by atoms with Crippen molar-refractivity contribution < 1.29 is 24.3 Å². The van der Waals surface area contributed by atoms with Gasteiger partial charge in [0.1, 0.15) is 5.75 Å². The van der Waals surface area contributed by atoms with E-state index in [2.05, 4.69) is 5.43 Å². The van der Waals surface area contributed by atoms with Crippen LogP contribution in [0.1, 0.15) is 48.8 Å². The summed E-state index contributed by atoms with van der Waals surface area (Å²) in [6, 6.07) is 28.2. The van der Waals surface area contributed by atoms with Gasteiger partial charge in [-0.05, 0) is 55.2 Å². The van der Waals surface area contributed by atoms with Crippen molar-refractivity contribution in [1.82, 2.24) is 9.91 Å². The second kappa shape index (κ2) is 11.2. The number of benzene rings is 4. The van der Waals surface area contributed by atoms with Gasteiger partial charge in [-0.2, -0.15) is 5.01 Å². The van der Waals surface area contributed by atoms with Crippen molar-refractivity contribution in [3.05, 3.63) is 119 Å². The fraction of sp³-hybridized carbons (Fsp3) is 0.300. The molecule has 0 radical (unpaired) electrons. The lowest BCUT2D eigenvalue weighted by atomic mass is 9.49. The van der Waals surface area contributed by atoms with E-state index in [0.717, 1.165) is 21.5 Å². The summed E-state index contributed by atoms with van der Waals surface area (Å²) in [5, 5.41) is 14.7. The molecule has 242 valence electrons. The predicted molar refractivity (Wildman–Crippen MR) is 181 cm³/mol. The van der Waals surface area contributed by atoms with E-state index < -0.39 is 46.8 Å².